The molecule has 2 N–H and O–H groups in total. The number of rotatable bonds is 5. The SMILES string of the molecule is CN(C)CCC(=O)Nc1cc2ccccc2cc1C(=O)O. The van der Waals surface area contributed by atoms with Crippen LogP contribution in [-0.4, -0.2) is 42.5 Å². The monoisotopic (exact) mass is 286 g/mol. The summed E-state index contributed by atoms with van der Waals surface area (Å²) in [5.74, 6) is -1.25. The zero-order valence-corrected chi connectivity index (χ0v) is 12.1. The van der Waals surface area contributed by atoms with Crippen LogP contribution < -0.4 is 5.32 Å². The molecule has 0 aliphatic rings. The van der Waals surface area contributed by atoms with Crippen LogP contribution in [0, 0.1) is 0 Å². The van der Waals surface area contributed by atoms with Crippen molar-refractivity contribution in [3.8, 4) is 0 Å². The Kier molecular flexibility index (Phi) is 4.55. The van der Waals surface area contributed by atoms with Gasteiger partial charge in [0.25, 0.3) is 0 Å². The number of fused-ring (bicyclic) bond motifs is 1. The van der Waals surface area contributed by atoms with Gasteiger partial charge in [0.05, 0.1) is 11.3 Å². The van der Waals surface area contributed by atoms with E-state index in [9.17, 15) is 14.7 Å². The average molecular weight is 286 g/mol. The highest BCUT2D eigenvalue weighted by Gasteiger charge is 2.14. The van der Waals surface area contributed by atoms with Crippen LogP contribution in [0.25, 0.3) is 10.8 Å². The Hall–Kier alpha value is -2.40. The van der Waals surface area contributed by atoms with Crippen LogP contribution in [0.3, 0.4) is 0 Å². The van der Waals surface area contributed by atoms with E-state index >= 15 is 0 Å². The fourth-order valence-electron chi connectivity index (χ4n) is 2.06. The summed E-state index contributed by atoms with van der Waals surface area (Å²) in [6.07, 6.45) is 0.318. The Morgan fingerprint density at radius 3 is 2.33 bits per heavy atom. The van der Waals surface area contributed by atoms with Crippen molar-refractivity contribution in [2.45, 2.75) is 6.42 Å². The lowest BCUT2D eigenvalue weighted by Crippen LogP contribution is -2.21. The van der Waals surface area contributed by atoms with Gasteiger partial charge >= 0.3 is 5.97 Å². The van der Waals surface area contributed by atoms with E-state index < -0.39 is 5.97 Å². The molecule has 0 radical (unpaired) electrons. The molecule has 5 heteroatoms. The standard InChI is InChI=1S/C16H18N2O3/c1-18(2)8-7-15(19)17-14-10-12-6-4-3-5-11(12)9-13(14)16(20)21/h3-6,9-10H,7-8H2,1-2H3,(H,17,19)(H,20,21). The van der Waals surface area contributed by atoms with Crippen molar-refractivity contribution in [3.63, 3.8) is 0 Å². The summed E-state index contributed by atoms with van der Waals surface area (Å²) in [5.41, 5.74) is 0.442. The Balaban J connectivity index is 2.30. The lowest BCUT2D eigenvalue weighted by molar-refractivity contribution is -0.116. The Morgan fingerprint density at radius 1 is 1.14 bits per heavy atom. The number of amides is 1. The molecular formula is C16H18N2O3. The highest BCUT2D eigenvalue weighted by molar-refractivity contribution is 6.05. The second kappa shape index (κ2) is 6.37. The maximum Gasteiger partial charge on any atom is 0.337 e. The van der Waals surface area contributed by atoms with Crippen LogP contribution in [0.2, 0.25) is 0 Å². The van der Waals surface area contributed by atoms with E-state index in [4.69, 9.17) is 0 Å². The summed E-state index contributed by atoms with van der Waals surface area (Å²) in [4.78, 5) is 25.2. The number of nitrogens with zero attached hydrogens (tertiary/aromatic N) is 1. The predicted octanol–water partition coefficient (Wildman–Crippen LogP) is 2.43. The highest BCUT2D eigenvalue weighted by atomic mass is 16.4. The Morgan fingerprint density at radius 2 is 1.76 bits per heavy atom. The van der Waals surface area contributed by atoms with Gasteiger partial charge in [0, 0.05) is 13.0 Å². The first-order valence-corrected chi connectivity index (χ1v) is 6.68. The third-order valence-corrected chi connectivity index (χ3v) is 3.18. The maximum atomic E-state index is 11.9. The van der Waals surface area contributed by atoms with Gasteiger partial charge in [-0.3, -0.25) is 4.79 Å². The molecule has 0 aromatic heterocycles. The highest BCUT2D eigenvalue weighted by Crippen LogP contribution is 2.24. The van der Waals surface area contributed by atoms with Gasteiger partial charge in [0.2, 0.25) is 5.91 Å². The fourth-order valence-corrected chi connectivity index (χ4v) is 2.06. The molecule has 0 atom stereocenters. The first kappa shape index (κ1) is 15.0. The van der Waals surface area contributed by atoms with Crippen molar-refractivity contribution >= 4 is 28.3 Å². The molecule has 2 aromatic rings. The summed E-state index contributed by atoms with van der Waals surface area (Å²) in [6, 6.07) is 10.7. The topological polar surface area (TPSA) is 69.6 Å². The molecule has 1 amide bonds. The predicted molar refractivity (Wildman–Crippen MR) is 82.7 cm³/mol. The van der Waals surface area contributed by atoms with Crippen LogP contribution in [0.15, 0.2) is 36.4 Å². The third kappa shape index (κ3) is 3.79. The molecule has 2 aromatic carbocycles. The minimum atomic E-state index is -1.05. The number of carbonyl (C=O) groups excluding carboxylic acids is 1. The van der Waals surface area contributed by atoms with E-state index in [0.717, 1.165) is 10.8 Å². The van der Waals surface area contributed by atoms with Crippen LogP contribution in [-0.2, 0) is 4.79 Å². The van der Waals surface area contributed by atoms with Crippen LogP contribution >= 0.6 is 0 Å². The molecule has 0 aliphatic heterocycles. The number of carbonyl (C=O) groups is 2. The van der Waals surface area contributed by atoms with E-state index in [1.807, 2.05) is 43.3 Å². The van der Waals surface area contributed by atoms with Crippen molar-refractivity contribution in [2.75, 3.05) is 26.0 Å². The molecule has 2 rings (SSSR count). The van der Waals surface area contributed by atoms with Gasteiger partial charge in [-0.25, -0.2) is 4.79 Å². The molecule has 0 bridgehead atoms. The average Bonchev–Trinajstić information content (AvgIpc) is 2.44. The van der Waals surface area contributed by atoms with E-state index in [1.165, 1.54) is 0 Å². The summed E-state index contributed by atoms with van der Waals surface area (Å²) in [5, 5.41) is 13.7. The quantitative estimate of drug-likeness (QED) is 0.885. The van der Waals surface area contributed by atoms with Gasteiger partial charge < -0.3 is 15.3 Å². The number of hydrogen-bond donors (Lipinski definition) is 2. The number of nitrogens with one attached hydrogen (secondary N) is 1. The number of carboxylic acids is 1. The molecule has 0 unspecified atom stereocenters. The fraction of sp³-hybridized carbons (Fsp3) is 0.250. The van der Waals surface area contributed by atoms with Gasteiger partial charge in [-0.15, -0.1) is 0 Å². The molecule has 0 spiro atoms. The first-order chi connectivity index (χ1) is 9.97. The molecule has 0 saturated heterocycles. The van der Waals surface area contributed by atoms with Crippen molar-refractivity contribution in [1.29, 1.82) is 0 Å². The third-order valence-electron chi connectivity index (χ3n) is 3.18. The van der Waals surface area contributed by atoms with E-state index in [2.05, 4.69) is 5.32 Å². The second-order valence-electron chi connectivity index (χ2n) is 5.15. The smallest absolute Gasteiger partial charge is 0.337 e. The summed E-state index contributed by atoms with van der Waals surface area (Å²) < 4.78 is 0. The van der Waals surface area contributed by atoms with Gasteiger partial charge in [-0.1, -0.05) is 24.3 Å². The number of aromatic carboxylic acids is 1. The van der Waals surface area contributed by atoms with Gasteiger partial charge in [0.1, 0.15) is 0 Å². The Labute approximate surface area is 123 Å². The minimum Gasteiger partial charge on any atom is -0.478 e. The summed E-state index contributed by atoms with van der Waals surface area (Å²) in [7, 11) is 3.76. The molecule has 21 heavy (non-hydrogen) atoms. The lowest BCUT2D eigenvalue weighted by atomic mass is 10.0. The second-order valence-corrected chi connectivity index (χ2v) is 5.15. The molecule has 5 nitrogen and oxygen atoms in total. The van der Waals surface area contributed by atoms with Crippen molar-refractivity contribution in [3.05, 3.63) is 42.0 Å². The zero-order valence-electron chi connectivity index (χ0n) is 12.1. The number of benzene rings is 2. The number of carboxylic acid groups (broad SMARTS) is 1. The number of hydrogen-bond acceptors (Lipinski definition) is 3. The lowest BCUT2D eigenvalue weighted by Gasteiger charge is -2.12. The largest absolute Gasteiger partial charge is 0.478 e. The molecular weight excluding hydrogens is 268 g/mol. The van der Waals surface area contributed by atoms with Crippen molar-refractivity contribution in [2.24, 2.45) is 0 Å². The molecule has 0 fully saturated rings. The molecule has 0 heterocycles. The van der Waals surface area contributed by atoms with E-state index in [0.29, 0.717) is 18.7 Å². The van der Waals surface area contributed by atoms with Crippen LogP contribution in [0.5, 0.6) is 0 Å². The van der Waals surface area contributed by atoms with Gasteiger partial charge in [0.15, 0.2) is 0 Å². The van der Waals surface area contributed by atoms with Crippen molar-refractivity contribution < 1.29 is 14.7 Å². The normalized spacial score (nSPS) is 10.8. The van der Waals surface area contributed by atoms with Crippen LogP contribution in [0.1, 0.15) is 16.8 Å². The van der Waals surface area contributed by atoms with Crippen molar-refractivity contribution in [1.82, 2.24) is 4.90 Å². The summed E-state index contributed by atoms with van der Waals surface area (Å²) >= 11 is 0. The van der Waals surface area contributed by atoms with Crippen LogP contribution in [0.4, 0.5) is 5.69 Å². The number of anilines is 1. The maximum absolute atomic E-state index is 11.9. The zero-order chi connectivity index (χ0) is 15.4. The minimum absolute atomic E-state index is 0.104. The van der Waals surface area contributed by atoms with Gasteiger partial charge in [-0.2, -0.15) is 0 Å². The summed E-state index contributed by atoms with van der Waals surface area (Å²) in [6.45, 7) is 0.613. The molecule has 0 saturated carbocycles. The van der Waals surface area contributed by atoms with Gasteiger partial charge in [-0.05, 0) is 37.0 Å². The van der Waals surface area contributed by atoms with E-state index in [-0.39, 0.29) is 11.5 Å². The molecule has 0 aliphatic carbocycles. The van der Waals surface area contributed by atoms with E-state index in [1.54, 1.807) is 12.1 Å². The molecule has 110 valence electrons. The first-order valence-electron chi connectivity index (χ1n) is 6.68. The Bertz CT molecular complexity index is 680.